The van der Waals surface area contributed by atoms with Crippen molar-refractivity contribution in [3.63, 3.8) is 0 Å². The van der Waals surface area contributed by atoms with Gasteiger partial charge in [0.1, 0.15) is 10.8 Å². The number of halogens is 2. The van der Waals surface area contributed by atoms with E-state index in [9.17, 15) is 4.39 Å². The van der Waals surface area contributed by atoms with Gasteiger partial charge in [-0.3, -0.25) is 0 Å². The molecule has 0 saturated heterocycles. The molecule has 2 rings (SSSR count). The van der Waals surface area contributed by atoms with Crippen molar-refractivity contribution in [1.29, 1.82) is 0 Å². The Morgan fingerprint density at radius 3 is 2.74 bits per heavy atom. The zero-order chi connectivity index (χ0) is 13.8. The molecule has 3 N–H and O–H groups in total. The van der Waals surface area contributed by atoms with E-state index in [1.54, 1.807) is 12.1 Å². The summed E-state index contributed by atoms with van der Waals surface area (Å²) in [5, 5.41) is 3.57. The molecule has 1 aromatic heterocycles. The van der Waals surface area contributed by atoms with E-state index in [-0.39, 0.29) is 17.8 Å². The fraction of sp³-hybridized carbons (Fsp3) is 0.231. The SMILES string of the molecule is CC(Cc1ccc(F)cc1)Nc1nc(N)ncc1Cl. The summed E-state index contributed by atoms with van der Waals surface area (Å²) < 4.78 is 12.8. The van der Waals surface area contributed by atoms with Crippen LogP contribution in [0.2, 0.25) is 5.02 Å². The lowest BCUT2D eigenvalue weighted by Crippen LogP contribution is -2.19. The molecule has 19 heavy (non-hydrogen) atoms. The Morgan fingerprint density at radius 2 is 2.05 bits per heavy atom. The molecule has 0 spiro atoms. The number of nitrogen functional groups attached to an aromatic ring is 1. The van der Waals surface area contributed by atoms with Gasteiger partial charge in [-0.25, -0.2) is 9.37 Å². The topological polar surface area (TPSA) is 63.8 Å². The Bertz CT molecular complexity index is 559. The van der Waals surface area contributed by atoms with E-state index >= 15 is 0 Å². The predicted molar refractivity (Wildman–Crippen MR) is 74.6 cm³/mol. The standard InChI is InChI=1S/C13H14ClFN4/c1-8(6-9-2-4-10(15)5-3-9)18-12-11(14)7-17-13(16)19-12/h2-5,7-8H,6H2,1H3,(H3,16,17,18,19). The number of nitrogens with one attached hydrogen (secondary N) is 1. The molecule has 0 aliphatic rings. The Kier molecular flexibility index (Phi) is 4.16. The summed E-state index contributed by atoms with van der Waals surface area (Å²) in [6.45, 7) is 1.98. The largest absolute Gasteiger partial charge is 0.368 e. The van der Waals surface area contributed by atoms with E-state index in [1.807, 2.05) is 6.92 Å². The summed E-state index contributed by atoms with van der Waals surface area (Å²) in [4.78, 5) is 7.83. The van der Waals surface area contributed by atoms with Crippen LogP contribution in [0.3, 0.4) is 0 Å². The summed E-state index contributed by atoms with van der Waals surface area (Å²) in [6, 6.07) is 6.47. The molecule has 0 fully saturated rings. The van der Waals surface area contributed by atoms with Crippen molar-refractivity contribution in [2.75, 3.05) is 11.1 Å². The molecule has 0 radical (unpaired) electrons. The normalized spacial score (nSPS) is 12.2. The summed E-state index contributed by atoms with van der Waals surface area (Å²) >= 11 is 5.97. The number of anilines is 2. The van der Waals surface area contributed by atoms with Gasteiger partial charge in [-0.15, -0.1) is 0 Å². The zero-order valence-corrected chi connectivity index (χ0v) is 11.2. The van der Waals surface area contributed by atoms with E-state index in [0.717, 1.165) is 12.0 Å². The maximum absolute atomic E-state index is 12.8. The van der Waals surface area contributed by atoms with Crippen molar-refractivity contribution in [3.05, 3.63) is 46.9 Å². The van der Waals surface area contributed by atoms with Crippen LogP contribution in [0.1, 0.15) is 12.5 Å². The van der Waals surface area contributed by atoms with Crippen molar-refractivity contribution < 1.29 is 4.39 Å². The van der Waals surface area contributed by atoms with Crippen molar-refractivity contribution in [1.82, 2.24) is 9.97 Å². The minimum absolute atomic E-state index is 0.0808. The number of aromatic nitrogens is 2. The van der Waals surface area contributed by atoms with Crippen molar-refractivity contribution in [2.45, 2.75) is 19.4 Å². The number of hydrogen-bond acceptors (Lipinski definition) is 4. The van der Waals surface area contributed by atoms with Crippen LogP contribution in [-0.2, 0) is 6.42 Å². The van der Waals surface area contributed by atoms with Gasteiger partial charge >= 0.3 is 0 Å². The van der Waals surface area contributed by atoms with Gasteiger partial charge in [-0.05, 0) is 31.0 Å². The Morgan fingerprint density at radius 1 is 1.37 bits per heavy atom. The molecule has 0 saturated carbocycles. The first-order chi connectivity index (χ1) is 9.04. The first kappa shape index (κ1) is 13.5. The third kappa shape index (κ3) is 3.79. The second-order valence-electron chi connectivity index (χ2n) is 4.30. The number of hydrogen-bond donors (Lipinski definition) is 2. The van der Waals surface area contributed by atoms with Gasteiger partial charge in [-0.2, -0.15) is 4.98 Å². The van der Waals surface area contributed by atoms with Crippen LogP contribution in [0.15, 0.2) is 30.5 Å². The Hall–Kier alpha value is -1.88. The van der Waals surface area contributed by atoms with Crippen molar-refractivity contribution in [2.24, 2.45) is 0 Å². The molecule has 1 aromatic carbocycles. The minimum atomic E-state index is -0.240. The van der Waals surface area contributed by atoms with Gasteiger partial charge in [0, 0.05) is 6.04 Å². The molecule has 1 unspecified atom stereocenters. The molecule has 100 valence electrons. The second-order valence-corrected chi connectivity index (χ2v) is 4.71. The van der Waals surface area contributed by atoms with Crippen LogP contribution < -0.4 is 11.1 Å². The van der Waals surface area contributed by atoms with Gasteiger partial charge in [0.05, 0.1) is 6.20 Å². The highest BCUT2D eigenvalue weighted by molar-refractivity contribution is 6.32. The lowest BCUT2D eigenvalue weighted by Gasteiger charge is -2.15. The predicted octanol–water partition coefficient (Wildman–Crippen LogP) is 2.89. The third-order valence-electron chi connectivity index (χ3n) is 2.60. The van der Waals surface area contributed by atoms with Gasteiger partial charge in [-0.1, -0.05) is 23.7 Å². The van der Waals surface area contributed by atoms with E-state index in [0.29, 0.717) is 10.8 Å². The molecule has 1 atom stereocenters. The number of rotatable bonds is 4. The average molecular weight is 281 g/mol. The van der Waals surface area contributed by atoms with Gasteiger partial charge in [0.2, 0.25) is 5.95 Å². The molecular weight excluding hydrogens is 267 g/mol. The first-order valence-corrected chi connectivity index (χ1v) is 6.21. The van der Waals surface area contributed by atoms with Crippen LogP contribution in [-0.4, -0.2) is 16.0 Å². The molecule has 4 nitrogen and oxygen atoms in total. The van der Waals surface area contributed by atoms with E-state index in [2.05, 4.69) is 15.3 Å². The van der Waals surface area contributed by atoms with Crippen LogP contribution in [0.4, 0.5) is 16.2 Å². The van der Waals surface area contributed by atoms with Crippen molar-refractivity contribution >= 4 is 23.4 Å². The monoisotopic (exact) mass is 280 g/mol. The highest BCUT2D eigenvalue weighted by atomic mass is 35.5. The zero-order valence-electron chi connectivity index (χ0n) is 10.4. The maximum atomic E-state index is 12.8. The number of nitrogens with zero attached hydrogens (tertiary/aromatic N) is 2. The summed E-state index contributed by atoms with van der Waals surface area (Å²) in [6.07, 6.45) is 2.18. The molecule has 0 aliphatic heterocycles. The lowest BCUT2D eigenvalue weighted by molar-refractivity contribution is 0.626. The molecule has 1 heterocycles. The van der Waals surface area contributed by atoms with E-state index in [1.165, 1.54) is 18.3 Å². The van der Waals surface area contributed by atoms with Crippen LogP contribution in [0.5, 0.6) is 0 Å². The van der Waals surface area contributed by atoms with E-state index in [4.69, 9.17) is 17.3 Å². The van der Waals surface area contributed by atoms with Gasteiger partial charge in [0.25, 0.3) is 0 Å². The fourth-order valence-electron chi connectivity index (χ4n) is 1.74. The molecule has 6 heteroatoms. The molecule has 0 bridgehead atoms. The van der Waals surface area contributed by atoms with Crippen LogP contribution >= 0.6 is 11.6 Å². The van der Waals surface area contributed by atoms with Crippen molar-refractivity contribution in [3.8, 4) is 0 Å². The Balaban J connectivity index is 2.02. The van der Waals surface area contributed by atoms with E-state index < -0.39 is 0 Å². The first-order valence-electron chi connectivity index (χ1n) is 5.83. The molecule has 0 aliphatic carbocycles. The summed E-state index contributed by atoms with van der Waals surface area (Å²) in [7, 11) is 0. The van der Waals surface area contributed by atoms with Gasteiger partial charge in [0.15, 0.2) is 5.82 Å². The number of nitrogens with two attached hydrogens (primary N) is 1. The second kappa shape index (κ2) is 5.84. The minimum Gasteiger partial charge on any atom is -0.368 e. The molecular formula is C13H14ClFN4. The van der Waals surface area contributed by atoms with Crippen LogP contribution in [0, 0.1) is 5.82 Å². The molecule has 2 aromatic rings. The third-order valence-corrected chi connectivity index (χ3v) is 2.88. The maximum Gasteiger partial charge on any atom is 0.222 e. The number of benzene rings is 1. The summed E-state index contributed by atoms with van der Waals surface area (Å²) in [5.41, 5.74) is 6.54. The fourth-order valence-corrected chi connectivity index (χ4v) is 1.89. The highest BCUT2D eigenvalue weighted by Crippen LogP contribution is 2.20. The quantitative estimate of drug-likeness (QED) is 0.904. The smallest absolute Gasteiger partial charge is 0.222 e. The highest BCUT2D eigenvalue weighted by Gasteiger charge is 2.08. The van der Waals surface area contributed by atoms with Gasteiger partial charge < -0.3 is 11.1 Å². The molecule has 0 amide bonds. The lowest BCUT2D eigenvalue weighted by atomic mass is 10.1. The average Bonchev–Trinajstić information content (AvgIpc) is 2.37. The van der Waals surface area contributed by atoms with Crippen LogP contribution in [0.25, 0.3) is 0 Å². The Labute approximate surface area is 115 Å². The summed E-state index contributed by atoms with van der Waals surface area (Å²) in [5.74, 6) is 0.431.